The van der Waals surface area contributed by atoms with E-state index in [2.05, 4.69) is 30.3 Å². The molecule has 24 heavy (non-hydrogen) atoms. The lowest BCUT2D eigenvalue weighted by molar-refractivity contribution is 0.0950. The number of hydrogen-bond acceptors (Lipinski definition) is 3. The highest BCUT2D eigenvalue weighted by Gasteiger charge is 2.20. The van der Waals surface area contributed by atoms with Crippen LogP contribution in [0.1, 0.15) is 65.8 Å². The summed E-state index contributed by atoms with van der Waals surface area (Å²) >= 11 is 0. The van der Waals surface area contributed by atoms with Crippen LogP contribution in [0.2, 0.25) is 0 Å². The van der Waals surface area contributed by atoms with Gasteiger partial charge in [0.25, 0.3) is 5.91 Å². The van der Waals surface area contributed by atoms with Crippen LogP contribution in [0.25, 0.3) is 0 Å². The van der Waals surface area contributed by atoms with Crippen LogP contribution in [0.5, 0.6) is 0 Å². The van der Waals surface area contributed by atoms with Crippen LogP contribution in [0, 0.1) is 0 Å². The van der Waals surface area contributed by atoms with Crippen molar-refractivity contribution >= 4 is 5.91 Å². The second-order valence-corrected chi connectivity index (χ2v) is 6.80. The SMILES string of the molecule is CC(C)n1ccc(CNC(=O)c2ccc3c(c2)C(CN)CCC3)n1. The minimum absolute atomic E-state index is 0.0572. The summed E-state index contributed by atoms with van der Waals surface area (Å²) in [4.78, 5) is 12.5. The van der Waals surface area contributed by atoms with Gasteiger partial charge in [-0.3, -0.25) is 9.48 Å². The molecule has 3 N–H and O–H groups in total. The number of benzene rings is 1. The van der Waals surface area contributed by atoms with Crippen molar-refractivity contribution in [3.05, 3.63) is 52.8 Å². The summed E-state index contributed by atoms with van der Waals surface area (Å²) < 4.78 is 1.90. The maximum atomic E-state index is 12.5. The standard InChI is InChI=1S/C19H26N4O/c1-13(2)23-9-8-17(22-23)12-21-19(24)15-7-6-14-4-3-5-16(11-20)18(14)10-15/h6-10,13,16H,3-5,11-12,20H2,1-2H3,(H,21,24). The topological polar surface area (TPSA) is 72.9 Å². The van der Waals surface area contributed by atoms with Crippen molar-refractivity contribution in [2.75, 3.05) is 6.54 Å². The fourth-order valence-electron chi connectivity index (χ4n) is 3.32. The molecule has 0 saturated heterocycles. The van der Waals surface area contributed by atoms with E-state index in [4.69, 9.17) is 5.73 Å². The zero-order chi connectivity index (χ0) is 17.1. The van der Waals surface area contributed by atoms with Gasteiger partial charge in [-0.05, 0) is 74.9 Å². The second kappa shape index (κ2) is 7.18. The van der Waals surface area contributed by atoms with Crippen LogP contribution in [0.15, 0.2) is 30.5 Å². The average Bonchev–Trinajstić information content (AvgIpc) is 3.08. The fourth-order valence-corrected chi connectivity index (χ4v) is 3.32. The molecular weight excluding hydrogens is 300 g/mol. The molecule has 3 rings (SSSR count). The number of nitrogens with one attached hydrogen (secondary N) is 1. The number of amides is 1. The maximum absolute atomic E-state index is 12.5. The number of aryl methyl sites for hydroxylation is 1. The van der Waals surface area contributed by atoms with Crippen molar-refractivity contribution in [1.82, 2.24) is 15.1 Å². The quantitative estimate of drug-likeness (QED) is 0.887. The van der Waals surface area contributed by atoms with E-state index in [1.54, 1.807) is 0 Å². The highest BCUT2D eigenvalue weighted by molar-refractivity contribution is 5.94. The molecule has 0 saturated carbocycles. The van der Waals surface area contributed by atoms with Gasteiger partial charge in [-0.25, -0.2) is 0 Å². The highest BCUT2D eigenvalue weighted by atomic mass is 16.1. The van der Waals surface area contributed by atoms with E-state index >= 15 is 0 Å². The molecule has 5 heteroatoms. The molecule has 0 spiro atoms. The van der Waals surface area contributed by atoms with Gasteiger partial charge in [0, 0.05) is 17.8 Å². The number of hydrogen-bond donors (Lipinski definition) is 2. The van der Waals surface area contributed by atoms with Gasteiger partial charge in [0.15, 0.2) is 0 Å². The number of carbonyl (C=O) groups is 1. The van der Waals surface area contributed by atoms with Gasteiger partial charge in [0.1, 0.15) is 0 Å². The van der Waals surface area contributed by atoms with Crippen molar-refractivity contribution in [3.8, 4) is 0 Å². The summed E-state index contributed by atoms with van der Waals surface area (Å²) in [6.07, 6.45) is 5.32. The van der Waals surface area contributed by atoms with Crippen molar-refractivity contribution in [1.29, 1.82) is 0 Å². The van der Waals surface area contributed by atoms with Gasteiger partial charge in [0.05, 0.1) is 12.2 Å². The smallest absolute Gasteiger partial charge is 0.251 e. The molecule has 0 aliphatic heterocycles. The molecule has 1 heterocycles. The van der Waals surface area contributed by atoms with E-state index in [-0.39, 0.29) is 5.91 Å². The van der Waals surface area contributed by atoms with Crippen molar-refractivity contribution < 1.29 is 4.79 Å². The Balaban J connectivity index is 1.68. The monoisotopic (exact) mass is 326 g/mol. The van der Waals surface area contributed by atoms with E-state index in [1.807, 2.05) is 29.1 Å². The Kier molecular flexibility index (Phi) is 5.00. The van der Waals surface area contributed by atoms with Crippen LogP contribution in [0.4, 0.5) is 0 Å². The molecule has 1 unspecified atom stereocenters. The molecule has 2 aromatic rings. The Bertz CT molecular complexity index is 720. The minimum atomic E-state index is -0.0572. The van der Waals surface area contributed by atoms with E-state index in [0.717, 1.165) is 18.5 Å². The molecule has 0 radical (unpaired) electrons. The van der Waals surface area contributed by atoms with Crippen LogP contribution < -0.4 is 11.1 Å². The van der Waals surface area contributed by atoms with Crippen molar-refractivity contribution in [2.45, 2.75) is 51.6 Å². The van der Waals surface area contributed by atoms with Gasteiger partial charge in [-0.15, -0.1) is 0 Å². The maximum Gasteiger partial charge on any atom is 0.251 e. The molecule has 1 aliphatic carbocycles. The summed E-state index contributed by atoms with van der Waals surface area (Å²) in [5.74, 6) is 0.321. The highest BCUT2D eigenvalue weighted by Crippen LogP contribution is 2.31. The number of rotatable bonds is 5. The Labute approximate surface area is 143 Å². The summed E-state index contributed by atoms with van der Waals surface area (Å²) in [5.41, 5.74) is 10.1. The van der Waals surface area contributed by atoms with Gasteiger partial charge in [-0.2, -0.15) is 5.10 Å². The third-order valence-electron chi connectivity index (χ3n) is 4.75. The first-order valence-electron chi connectivity index (χ1n) is 8.73. The van der Waals surface area contributed by atoms with Crippen LogP contribution in [-0.4, -0.2) is 22.2 Å². The van der Waals surface area contributed by atoms with Gasteiger partial charge >= 0.3 is 0 Å². The van der Waals surface area contributed by atoms with Gasteiger partial charge in [-0.1, -0.05) is 6.07 Å². The zero-order valence-electron chi connectivity index (χ0n) is 14.5. The first-order valence-corrected chi connectivity index (χ1v) is 8.73. The molecule has 128 valence electrons. The molecule has 0 bridgehead atoms. The van der Waals surface area contributed by atoms with Gasteiger partial charge < -0.3 is 11.1 Å². The first-order chi connectivity index (χ1) is 11.6. The average molecular weight is 326 g/mol. The summed E-state index contributed by atoms with van der Waals surface area (Å²) in [5, 5.41) is 7.42. The molecule has 1 aliphatic rings. The van der Waals surface area contributed by atoms with Gasteiger partial charge in [0.2, 0.25) is 0 Å². The molecule has 0 fully saturated rings. The zero-order valence-corrected chi connectivity index (χ0v) is 14.5. The molecule has 1 atom stereocenters. The molecule has 1 aromatic heterocycles. The lowest BCUT2D eigenvalue weighted by Gasteiger charge is -2.24. The van der Waals surface area contributed by atoms with E-state index in [1.165, 1.54) is 17.5 Å². The number of nitrogens with zero attached hydrogens (tertiary/aromatic N) is 2. The Morgan fingerprint density at radius 2 is 2.25 bits per heavy atom. The van der Waals surface area contributed by atoms with Crippen LogP contribution in [-0.2, 0) is 13.0 Å². The van der Waals surface area contributed by atoms with Crippen LogP contribution >= 0.6 is 0 Å². The van der Waals surface area contributed by atoms with E-state index in [9.17, 15) is 4.79 Å². The molecule has 5 nitrogen and oxygen atoms in total. The predicted molar refractivity (Wildman–Crippen MR) is 95.0 cm³/mol. The van der Waals surface area contributed by atoms with Crippen molar-refractivity contribution in [3.63, 3.8) is 0 Å². The lowest BCUT2D eigenvalue weighted by atomic mass is 9.82. The fraction of sp³-hybridized carbons (Fsp3) is 0.474. The number of carbonyl (C=O) groups excluding carboxylic acids is 1. The third kappa shape index (κ3) is 3.51. The summed E-state index contributed by atoms with van der Waals surface area (Å²) in [6.45, 7) is 5.24. The largest absolute Gasteiger partial charge is 0.346 e. The molecular formula is C19H26N4O. The summed E-state index contributed by atoms with van der Waals surface area (Å²) in [6, 6.07) is 8.29. The van der Waals surface area contributed by atoms with E-state index < -0.39 is 0 Å². The second-order valence-electron chi connectivity index (χ2n) is 6.80. The Morgan fingerprint density at radius 1 is 1.42 bits per heavy atom. The number of fused-ring (bicyclic) bond motifs is 1. The minimum Gasteiger partial charge on any atom is -0.346 e. The Hall–Kier alpha value is -2.14. The Morgan fingerprint density at radius 3 is 2.96 bits per heavy atom. The third-order valence-corrected chi connectivity index (χ3v) is 4.75. The van der Waals surface area contributed by atoms with Crippen molar-refractivity contribution in [2.24, 2.45) is 5.73 Å². The van der Waals surface area contributed by atoms with E-state index in [0.29, 0.717) is 30.6 Å². The number of nitrogens with two attached hydrogens (primary N) is 1. The predicted octanol–water partition coefficient (Wildman–Crippen LogP) is 2.77. The summed E-state index contributed by atoms with van der Waals surface area (Å²) in [7, 11) is 0. The lowest BCUT2D eigenvalue weighted by Crippen LogP contribution is -2.24. The van der Waals surface area contributed by atoms with Crippen LogP contribution in [0.3, 0.4) is 0 Å². The first kappa shape index (κ1) is 16.7. The molecule has 1 amide bonds. The number of aromatic nitrogens is 2. The molecule has 1 aromatic carbocycles. The normalized spacial score (nSPS) is 16.9.